The van der Waals surface area contributed by atoms with E-state index >= 15 is 0 Å². The molecule has 1 aliphatic rings. The van der Waals surface area contributed by atoms with Gasteiger partial charge in [-0.1, -0.05) is 18.2 Å². The molecule has 1 aliphatic heterocycles. The van der Waals surface area contributed by atoms with Crippen molar-refractivity contribution in [2.45, 2.75) is 19.8 Å². The van der Waals surface area contributed by atoms with Crippen LogP contribution in [0.15, 0.2) is 41.3 Å². The Bertz CT molecular complexity index is 1020. The van der Waals surface area contributed by atoms with Gasteiger partial charge in [0, 0.05) is 66.3 Å². The average molecular weight is 471 g/mol. The Balaban J connectivity index is 1.73. The fourth-order valence-corrected chi connectivity index (χ4v) is 3.79. The van der Waals surface area contributed by atoms with Crippen LogP contribution in [0.2, 0.25) is 0 Å². The molecule has 1 fully saturated rings. The highest BCUT2D eigenvalue weighted by Gasteiger charge is 2.25. The molecule has 10 nitrogen and oxygen atoms in total. The number of amides is 2. The van der Waals surface area contributed by atoms with Crippen molar-refractivity contribution in [2.75, 3.05) is 70.2 Å². The summed E-state index contributed by atoms with van der Waals surface area (Å²) < 4.78 is 6.80. The Morgan fingerprint density at radius 3 is 2.44 bits per heavy atom. The van der Waals surface area contributed by atoms with E-state index in [0.717, 1.165) is 0 Å². The summed E-state index contributed by atoms with van der Waals surface area (Å²) in [7, 11) is 3.37. The molecule has 184 valence electrons. The number of piperazine rings is 1. The lowest BCUT2D eigenvalue weighted by atomic mass is 10.2. The van der Waals surface area contributed by atoms with E-state index in [1.165, 1.54) is 9.58 Å². The molecule has 2 amide bonds. The Labute approximate surface area is 200 Å². The minimum Gasteiger partial charge on any atom is -0.380 e. The number of nitrogens with zero attached hydrogens (tertiary/aromatic N) is 5. The summed E-state index contributed by atoms with van der Waals surface area (Å²) in [6, 6.07) is 9.29. The van der Waals surface area contributed by atoms with Gasteiger partial charge >= 0.3 is 0 Å². The molecule has 0 radical (unpaired) electrons. The molecule has 0 bridgehead atoms. The van der Waals surface area contributed by atoms with E-state index in [1.807, 2.05) is 37.3 Å². The van der Waals surface area contributed by atoms with Crippen molar-refractivity contribution in [1.82, 2.24) is 19.6 Å². The molecule has 34 heavy (non-hydrogen) atoms. The molecule has 3 rings (SSSR count). The topological polar surface area (TPSA) is 100 Å². The van der Waals surface area contributed by atoms with Crippen LogP contribution in [0, 0.1) is 0 Å². The molecular formula is C24H34N6O4. The van der Waals surface area contributed by atoms with Crippen LogP contribution in [0.5, 0.6) is 0 Å². The van der Waals surface area contributed by atoms with Gasteiger partial charge in [0.2, 0.25) is 11.8 Å². The Morgan fingerprint density at radius 2 is 1.79 bits per heavy atom. The minimum absolute atomic E-state index is 0.0254. The lowest BCUT2D eigenvalue weighted by Gasteiger charge is -2.36. The molecule has 0 aliphatic carbocycles. The fraction of sp³-hybridized carbons (Fsp3) is 0.500. The lowest BCUT2D eigenvalue weighted by molar-refractivity contribution is -0.136. The Hall–Kier alpha value is -3.40. The smallest absolute Gasteiger partial charge is 0.296 e. The van der Waals surface area contributed by atoms with Crippen LogP contribution >= 0.6 is 0 Å². The van der Waals surface area contributed by atoms with Gasteiger partial charge in [0.1, 0.15) is 5.69 Å². The highest BCUT2D eigenvalue weighted by molar-refractivity contribution is 5.83. The van der Waals surface area contributed by atoms with E-state index in [2.05, 4.69) is 15.3 Å². The molecule has 10 heteroatoms. The summed E-state index contributed by atoms with van der Waals surface area (Å²) in [5, 5.41) is 7.66. The molecule has 1 aromatic heterocycles. The molecule has 1 N–H and O–H groups in total. The predicted octanol–water partition coefficient (Wildman–Crippen LogP) is 1.20. The van der Waals surface area contributed by atoms with Gasteiger partial charge < -0.3 is 24.8 Å². The summed E-state index contributed by atoms with van der Waals surface area (Å²) in [5.41, 5.74) is 1.63. The summed E-state index contributed by atoms with van der Waals surface area (Å²) in [6.07, 6.45) is 2.11. The first-order valence-electron chi connectivity index (χ1n) is 11.6. The molecule has 1 saturated heterocycles. The van der Waals surface area contributed by atoms with E-state index in [1.54, 1.807) is 25.2 Å². The molecule has 2 heterocycles. The number of benzene rings is 1. The van der Waals surface area contributed by atoms with Gasteiger partial charge in [0.15, 0.2) is 0 Å². The van der Waals surface area contributed by atoms with Crippen molar-refractivity contribution in [1.29, 1.82) is 0 Å². The van der Waals surface area contributed by atoms with Crippen LogP contribution in [0.4, 0.5) is 11.4 Å². The number of anilines is 2. The number of ether oxygens (including phenoxy) is 1. The number of hydrogen-bond donors (Lipinski definition) is 1. The van der Waals surface area contributed by atoms with Crippen LogP contribution in [-0.4, -0.2) is 91.4 Å². The van der Waals surface area contributed by atoms with Crippen molar-refractivity contribution in [3.63, 3.8) is 0 Å². The normalized spacial score (nSPS) is 13.6. The maximum absolute atomic E-state index is 13.3. The third-order valence-corrected chi connectivity index (χ3v) is 5.74. The van der Waals surface area contributed by atoms with Crippen molar-refractivity contribution in [3.05, 3.63) is 46.9 Å². The second-order valence-electron chi connectivity index (χ2n) is 8.24. The molecule has 2 aromatic rings. The first kappa shape index (κ1) is 25.2. The van der Waals surface area contributed by atoms with Gasteiger partial charge in [-0.3, -0.25) is 14.4 Å². The minimum atomic E-state index is -0.235. The average Bonchev–Trinajstić information content (AvgIpc) is 2.86. The molecule has 0 unspecified atom stereocenters. The number of nitrogens with one attached hydrogen (secondary N) is 1. The molecule has 1 aromatic carbocycles. The number of aromatic nitrogens is 2. The lowest BCUT2D eigenvalue weighted by Crippen LogP contribution is -2.49. The SMILES string of the molecule is CCOCCNc1c(N2CCN(C(=O)CCC(=O)N(C)C)CC2)cnn(-c2ccccc2)c1=O. The molecule has 0 spiro atoms. The zero-order valence-electron chi connectivity index (χ0n) is 20.2. The van der Waals surface area contributed by atoms with Gasteiger partial charge in [-0.2, -0.15) is 9.78 Å². The van der Waals surface area contributed by atoms with E-state index in [4.69, 9.17) is 4.74 Å². The Morgan fingerprint density at radius 1 is 1.09 bits per heavy atom. The van der Waals surface area contributed by atoms with Crippen molar-refractivity contribution in [2.24, 2.45) is 0 Å². The van der Waals surface area contributed by atoms with E-state index < -0.39 is 0 Å². The summed E-state index contributed by atoms with van der Waals surface area (Å²) in [5.74, 6) is -0.0812. The first-order chi connectivity index (χ1) is 16.4. The summed E-state index contributed by atoms with van der Waals surface area (Å²) >= 11 is 0. The van der Waals surface area contributed by atoms with E-state index in [9.17, 15) is 14.4 Å². The molecule has 0 atom stereocenters. The number of rotatable bonds is 10. The first-order valence-corrected chi connectivity index (χ1v) is 11.6. The van der Waals surface area contributed by atoms with E-state index in [0.29, 0.717) is 63.0 Å². The van der Waals surface area contributed by atoms with Crippen LogP contribution in [0.25, 0.3) is 5.69 Å². The van der Waals surface area contributed by atoms with Crippen LogP contribution in [0.1, 0.15) is 19.8 Å². The van der Waals surface area contributed by atoms with Crippen molar-refractivity contribution >= 4 is 23.2 Å². The van der Waals surface area contributed by atoms with Crippen molar-refractivity contribution in [3.8, 4) is 5.69 Å². The number of carbonyl (C=O) groups excluding carboxylic acids is 2. The summed E-state index contributed by atoms with van der Waals surface area (Å²) in [4.78, 5) is 43.0. The summed E-state index contributed by atoms with van der Waals surface area (Å²) in [6.45, 7) is 5.70. The van der Waals surface area contributed by atoms with Crippen LogP contribution < -0.4 is 15.8 Å². The van der Waals surface area contributed by atoms with E-state index in [-0.39, 0.29) is 30.2 Å². The maximum Gasteiger partial charge on any atom is 0.296 e. The van der Waals surface area contributed by atoms with Crippen LogP contribution in [-0.2, 0) is 14.3 Å². The largest absolute Gasteiger partial charge is 0.380 e. The van der Waals surface area contributed by atoms with Gasteiger partial charge in [0.05, 0.1) is 24.2 Å². The van der Waals surface area contributed by atoms with Gasteiger partial charge in [-0.25, -0.2) is 0 Å². The Kier molecular flexibility index (Phi) is 9.03. The van der Waals surface area contributed by atoms with Gasteiger partial charge in [-0.05, 0) is 19.1 Å². The second-order valence-corrected chi connectivity index (χ2v) is 8.24. The fourth-order valence-electron chi connectivity index (χ4n) is 3.79. The zero-order chi connectivity index (χ0) is 24.5. The van der Waals surface area contributed by atoms with Crippen molar-refractivity contribution < 1.29 is 14.3 Å². The van der Waals surface area contributed by atoms with Crippen LogP contribution in [0.3, 0.4) is 0 Å². The highest BCUT2D eigenvalue weighted by atomic mass is 16.5. The van der Waals surface area contributed by atoms with Gasteiger partial charge in [0.25, 0.3) is 5.56 Å². The third-order valence-electron chi connectivity index (χ3n) is 5.74. The number of para-hydroxylation sites is 1. The highest BCUT2D eigenvalue weighted by Crippen LogP contribution is 2.23. The quantitative estimate of drug-likeness (QED) is 0.521. The third kappa shape index (κ3) is 6.34. The standard InChI is InChI=1S/C24H34N6O4/c1-4-34-17-12-25-23-20(18-26-30(24(23)33)19-8-6-5-7-9-19)28-13-15-29(16-14-28)22(32)11-10-21(31)27(2)3/h5-9,18,25H,4,10-17H2,1-3H3. The van der Waals surface area contributed by atoms with Gasteiger partial charge in [-0.15, -0.1) is 0 Å². The zero-order valence-corrected chi connectivity index (χ0v) is 20.2. The number of carbonyl (C=O) groups is 2. The molecular weight excluding hydrogens is 436 g/mol. The predicted molar refractivity (Wildman–Crippen MR) is 132 cm³/mol. The molecule has 0 saturated carbocycles. The number of hydrogen-bond acceptors (Lipinski definition) is 7. The monoisotopic (exact) mass is 470 g/mol. The second kappa shape index (κ2) is 12.2. The maximum atomic E-state index is 13.3.